The number of carbonyl (C=O) groups is 1. The predicted octanol–water partition coefficient (Wildman–Crippen LogP) is 5.73. The maximum atomic E-state index is 13.5. The molecule has 1 aliphatic heterocycles. The Morgan fingerprint density at radius 2 is 1.63 bits per heavy atom. The topological polar surface area (TPSA) is 75.7 Å². The summed E-state index contributed by atoms with van der Waals surface area (Å²) < 4.78 is 34.6. The van der Waals surface area contributed by atoms with E-state index in [-0.39, 0.29) is 23.1 Å². The summed E-state index contributed by atoms with van der Waals surface area (Å²) in [6.07, 6.45) is 2.20. The molecule has 35 heavy (non-hydrogen) atoms. The van der Waals surface area contributed by atoms with Gasteiger partial charge in [-0.1, -0.05) is 61.8 Å². The molecular formula is C27H29ClN2O4S. The van der Waals surface area contributed by atoms with Gasteiger partial charge >= 0.3 is 0 Å². The van der Waals surface area contributed by atoms with Crippen molar-refractivity contribution in [1.29, 1.82) is 0 Å². The van der Waals surface area contributed by atoms with E-state index in [0.717, 1.165) is 28.5 Å². The van der Waals surface area contributed by atoms with Crippen LogP contribution in [-0.4, -0.2) is 26.5 Å². The average Bonchev–Trinajstić information content (AvgIpc) is 2.87. The average molecular weight is 513 g/mol. The SMILES string of the molecule is CCC1(CC)CC(NC(=O)CN(c2ccccc2)S(=O)(=O)c2ccc(Cl)cc2)c2ccccc2O1. The predicted molar refractivity (Wildman–Crippen MR) is 138 cm³/mol. The normalized spacial score (nSPS) is 16.6. The highest BCUT2D eigenvalue weighted by Crippen LogP contribution is 2.42. The molecule has 0 saturated heterocycles. The van der Waals surface area contributed by atoms with E-state index in [1.807, 2.05) is 24.3 Å². The van der Waals surface area contributed by atoms with Crippen molar-refractivity contribution >= 4 is 33.2 Å². The number of carbonyl (C=O) groups excluding carboxylic acids is 1. The fourth-order valence-electron chi connectivity index (χ4n) is 4.44. The van der Waals surface area contributed by atoms with E-state index in [1.165, 1.54) is 24.3 Å². The van der Waals surface area contributed by atoms with Gasteiger partial charge in [0.2, 0.25) is 5.91 Å². The summed E-state index contributed by atoms with van der Waals surface area (Å²) in [4.78, 5) is 13.4. The van der Waals surface area contributed by atoms with Crippen molar-refractivity contribution in [3.8, 4) is 5.75 Å². The lowest BCUT2D eigenvalue weighted by Crippen LogP contribution is -2.47. The van der Waals surface area contributed by atoms with Gasteiger partial charge in [0.05, 0.1) is 16.6 Å². The third-order valence-electron chi connectivity index (χ3n) is 6.55. The molecule has 0 bridgehead atoms. The second-order valence-electron chi connectivity index (χ2n) is 8.66. The summed E-state index contributed by atoms with van der Waals surface area (Å²) in [5, 5.41) is 3.52. The molecule has 1 unspecified atom stereocenters. The summed E-state index contributed by atoms with van der Waals surface area (Å²) in [5.41, 5.74) is 0.910. The highest BCUT2D eigenvalue weighted by atomic mass is 35.5. The van der Waals surface area contributed by atoms with Crippen molar-refractivity contribution in [3.05, 3.63) is 89.4 Å². The largest absolute Gasteiger partial charge is 0.487 e. The maximum Gasteiger partial charge on any atom is 0.264 e. The van der Waals surface area contributed by atoms with Crippen LogP contribution < -0.4 is 14.4 Å². The van der Waals surface area contributed by atoms with E-state index in [9.17, 15) is 13.2 Å². The first-order valence-corrected chi connectivity index (χ1v) is 13.5. The van der Waals surface area contributed by atoms with E-state index in [2.05, 4.69) is 19.2 Å². The molecule has 0 aromatic heterocycles. The minimum absolute atomic E-state index is 0.0611. The highest BCUT2D eigenvalue weighted by molar-refractivity contribution is 7.92. The number of fused-ring (bicyclic) bond motifs is 1. The number of nitrogens with zero attached hydrogens (tertiary/aromatic N) is 1. The molecular weight excluding hydrogens is 484 g/mol. The van der Waals surface area contributed by atoms with Crippen LogP contribution in [0.3, 0.4) is 0 Å². The van der Waals surface area contributed by atoms with Crippen LogP contribution in [-0.2, 0) is 14.8 Å². The first-order chi connectivity index (χ1) is 16.8. The van der Waals surface area contributed by atoms with Gasteiger partial charge in [-0.3, -0.25) is 9.10 Å². The van der Waals surface area contributed by atoms with E-state index >= 15 is 0 Å². The molecule has 0 radical (unpaired) electrons. The zero-order valence-corrected chi connectivity index (χ0v) is 21.4. The first-order valence-electron chi connectivity index (χ1n) is 11.7. The van der Waals surface area contributed by atoms with E-state index in [4.69, 9.17) is 16.3 Å². The molecule has 6 nitrogen and oxygen atoms in total. The molecule has 1 amide bonds. The fraction of sp³-hybridized carbons (Fsp3) is 0.296. The molecule has 1 aliphatic rings. The fourth-order valence-corrected chi connectivity index (χ4v) is 5.99. The molecule has 3 aromatic carbocycles. The summed E-state index contributed by atoms with van der Waals surface area (Å²) in [6, 6.07) is 21.9. The molecule has 4 rings (SSSR count). The van der Waals surface area contributed by atoms with Crippen LogP contribution in [0.5, 0.6) is 5.75 Å². The molecule has 1 atom stereocenters. The van der Waals surface area contributed by atoms with Crippen LogP contribution in [0.4, 0.5) is 5.69 Å². The molecule has 3 aromatic rings. The van der Waals surface area contributed by atoms with Crippen LogP contribution >= 0.6 is 11.6 Å². The Kier molecular flexibility index (Phi) is 7.38. The van der Waals surface area contributed by atoms with Gasteiger partial charge in [0.1, 0.15) is 17.9 Å². The standard InChI is InChI=1S/C27H29ClN2O4S/c1-3-27(4-2)18-24(23-12-8-9-13-25(23)34-27)29-26(31)19-30(21-10-6-5-7-11-21)35(32,33)22-16-14-20(28)15-17-22/h5-17,24H,3-4,18-19H2,1-2H3,(H,29,31). The number of amides is 1. The molecule has 1 N–H and O–H groups in total. The Morgan fingerprint density at radius 1 is 1.00 bits per heavy atom. The third kappa shape index (κ3) is 5.31. The smallest absolute Gasteiger partial charge is 0.264 e. The van der Waals surface area contributed by atoms with Crippen molar-refractivity contribution in [2.45, 2.75) is 49.6 Å². The van der Waals surface area contributed by atoms with Crippen molar-refractivity contribution < 1.29 is 17.9 Å². The third-order valence-corrected chi connectivity index (χ3v) is 8.59. The second-order valence-corrected chi connectivity index (χ2v) is 11.0. The van der Waals surface area contributed by atoms with Gasteiger partial charge < -0.3 is 10.1 Å². The molecule has 0 spiro atoms. The van der Waals surface area contributed by atoms with Crippen LogP contribution in [0.1, 0.15) is 44.7 Å². The summed E-state index contributed by atoms with van der Waals surface area (Å²) >= 11 is 5.96. The van der Waals surface area contributed by atoms with Gasteiger partial charge in [-0.2, -0.15) is 0 Å². The second kappa shape index (κ2) is 10.3. The van der Waals surface area contributed by atoms with Gasteiger partial charge in [-0.25, -0.2) is 8.42 Å². The van der Waals surface area contributed by atoms with Gasteiger partial charge in [-0.15, -0.1) is 0 Å². The number of benzene rings is 3. The van der Waals surface area contributed by atoms with E-state index in [1.54, 1.807) is 30.3 Å². The van der Waals surface area contributed by atoms with Gasteiger partial charge in [0, 0.05) is 17.0 Å². The van der Waals surface area contributed by atoms with E-state index < -0.39 is 15.9 Å². The number of para-hydroxylation sites is 2. The van der Waals surface area contributed by atoms with Crippen molar-refractivity contribution in [2.75, 3.05) is 10.8 Å². The van der Waals surface area contributed by atoms with Crippen LogP contribution in [0.25, 0.3) is 0 Å². The van der Waals surface area contributed by atoms with Crippen LogP contribution in [0.2, 0.25) is 5.02 Å². The van der Waals surface area contributed by atoms with E-state index in [0.29, 0.717) is 17.1 Å². The summed E-state index contributed by atoms with van der Waals surface area (Å²) in [6.45, 7) is 3.79. The summed E-state index contributed by atoms with van der Waals surface area (Å²) in [7, 11) is -4.01. The number of hydrogen-bond donors (Lipinski definition) is 1. The monoisotopic (exact) mass is 512 g/mol. The molecule has 0 aliphatic carbocycles. The zero-order chi connectivity index (χ0) is 25.1. The lowest BCUT2D eigenvalue weighted by atomic mass is 9.83. The number of hydrogen-bond acceptors (Lipinski definition) is 4. The molecule has 184 valence electrons. The number of ether oxygens (including phenoxy) is 1. The van der Waals surface area contributed by atoms with Crippen LogP contribution in [0.15, 0.2) is 83.8 Å². The van der Waals surface area contributed by atoms with Gasteiger partial charge in [0.15, 0.2) is 0 Å². The lowest BCUT2D eigenvalue weighted by Gasteiger charge is -2.41. The number of sulfonamides is 1. The zero-order valence-electron chi connectivity index (χ0n) is 19.8. The quantitative estimate of drug-likeness (QED) is 0.418. The Labute approximate surface area is 211 Å². The van der Waals surface area contributed by atoms with Gasteiger partial charge in [-0.05, 0) is 55.3 Å². The highest BCUT2D eigenvalue weighted by Gasteiger charge is 2.39. The number of rotatable bonds is 8. The Balaban J connectivity index is 1.63. The maximum absolute atomic E-state index is 13.5. The summed E-state index contributed by atoms with van der Waals surface area (Å²) in [5.74, 6) is 0.357. The first kappa shape index (κ1) is 25.1. The number of halogens is 1. The van der Waals surface area contributed by atoms with Crippen molar-refractivity contribution in [3.63, 3.8) is 0 Å². The molecule has 8 heteroatoms. The minimum Gasteiger partial charge on any atom is -0.487 e. The molecule has 0 fully saturated rings. The Morgan fingerprint density at radius 3 is 2.29 bits per heavy atom. The Hall–Kier alpha value is -3.03. The lowest BCUT2D eigenvalue weighted by molar-refractivity contribution is -0.121. The van der Waals surface area contributed by atoms with Crippen molar-refractivity contribution in [2.24, 2.45) is 0 Å². The number of anilines is 1. The molecule has 1 heterocycles. The molecule has 0 saturated carbocycles. The van der Waals surface area contributed by atoms with Crippen LogP contribution in [0, 0.1) is 0 Å². The minimum atomic E-state index is -4.01. The van der Waals surface area contributed by atoms with Crippen molar-refractivity contribution in [1.82, 2.24) is 5.32 Å². The van der Waals surface area contributed by atoms with Gasteiger partial charge in [0.25, 0.3) is 10.0 Å². The Bertz CT molecular complexity index is 1280. The number of nitrogens with one attached hydrogen (secondary N) is 1.